The van der Waals surface area contributed by atoms with Crippen LogP contribution in [-0.2, 0) is 13.1 Å². The van der Waals surface area contributed by atoms with Crippen LogP contribution in [0, 0.1) is 5.92 Å². The van der Waals surface area contributed by atoms with E-state index in [0.29, 0.717) is 18.0 Å². The smallest absolute Gasteiger partial charge is 0.260 e. The molecule has 0 bridgehead atoms. The molecular formula is C29H35N5O. The van der Waals surface area contributed by atoms with Gasteiger partial charge in [-0.3, -0.25) is 9.78 Å². The number of pyridine rings is 2. The number of hydrogen-bond acceptors (Lipinski definition) is 4. The van der Waals surface area contributed by atoms with Crippen LogP contribution in [0.3, 0.4) is 0 Å². The minimum Gasteiger partial charge on any atom is -0.381 e. The molecule has 35 heavy (non-hydrogen) atoms. The fourth-order valence-electron chi connectivity index (χ4n) is 5.65. The van der Waals surface area contributed by atoms with Gasteiger partial charge in [-0.15, -0.1) is 0 Å². The average molecular weight is 470 g/mol. The lowest BCUT2D eigenvalue weighted by molar-refractivity contribution is 0.301. The second-order valence-electron chi connectivity index (χ2n) is 10.5. The zero-order valence-electron chi connectivity index (χ0n) is 20.4. The molecule has 6 nitrogen and oxygen atoms in total. The molecule has 4 aromatic rings. The van der Waals surface area contributed by atoms with Gasteiger partial charge in [-0.05, 0) is 67.3 Å². The summed E-state index contributed by atoms with van der Waals surface area (Å²) in [6, 6.07) is 11.2. The van der Waals surface area contributed by atoms with Crippen LogP contribution in [0.2, 0.25) is 0 Å². The second-order valence-corrected chi connectivity index (χ2v) is 10.5. The molecule has 3 aromatic heterocycles. The number of anilines is 1. The van der Waals surface area contributed by atoms with E-state index in [4.69, 9.17) is 0 Å². The van der Waals surface area contributed by atoms with E-state index < -0.39 is 0 Å². The van der Waals surface area contributed by atoms with Crippen LogP contribution in [0.5, 0.6) is 0 Å². The first kappa shape index (κ1) is 22.4. The summed E-state index contributed by atoms with van der Waals surface area (Å²) in [6.07, 6.45) is 15.8. The Kier molecular flexibility index (Phi) is 6.30. The summed E-state index contributed by atoms with van der Waals surface area (Å²) in [4.78, 5) is 21.3. The average Bonchev–Trinajstić information content (AvgIpc) is 3.25. The van der Waals surface area contributed by atoms with E-state index in [9.17, 15) is 4.79 Å². The Morgan fingerprint density at radius 2 is 1.86 bits per heavy atom. The maximum absolute atomic E-state index is 13.3. The normalized spacial score (nSPS) is 17.1. The van der Waals surface area contributed by atoms with E-state index in [1.807, 2.05) is 12.4 Å². The molecule has 0 radical (unpaired) electrons. The number of nitrogens with zero attached hydrogens (tertiary/aromatic N) is 2. The van der Waals surface area contributed by atoms with Crippen molar-refractivity contribution in [1.29, 1.82) is 0 Å². The minimum atomic E-state index is 0.00904. The lowest BCUT2D eigenvalue weighted by Crippen LogP contribution is -2.26. The van der Waals surface area contributed by atoms with Gasteiger partial charge in [0, 0.05) is 41.6 Å². The Balaban J connectivity index is 1.19. The Bertz CT molecular complexity index is 1380. The molecule has 0 atom stereocenters. The first-order valence-corrected chi connectivity index (χ1v) is 13.3. The van der Waals surface area contributed by atoms with Crippen molar-refractivity contribution in [2.45, 2.75) is 70.5 Å². The zero-order chi connectivity index (χ0) is 23.6. The number of aromatic nitrogens is 3. The number of nitrogens with one attached hydrogen (secondary N) is 3. The lowest BCUT2D eigenvalue weighted by Gasteiger charge is -2.25. The molecule has 0 aliphatic heterocycles. The van der Waals surface area contributed by atoms with E-state index >= 15 is 0 Å². The van der Waals surface area contributed by atoms with E-state index in [0.717, 1.165) is 41.2 Å². The van der Waals surface area contributed by atoms with E-state index in [1.54, 1.807) is 10.8 Å². The summed E-state index contributed by atoms with van der Waals surface area (Å²) in [6.45, 7) is 2.52. The van der Waals surface area contributed by atoms with Gasteiger partial charge in [0.05, 0.1) is 23.8 Å². The molecule has 182 valence electrons. The lowest BCUT2D eigenvalue weighted by atomic mass is 9.85. The molecule has 6 heteroatoms. The summed E-state index contributed by atoms with van der Waals surface area (Å²) in [7, 11) is 0. The number of fused-ring (bicyclic) bond motifs is 2. The number of benzene rings is 1. The van der Waals surface area contributed by atoms with Crippen LogP contribution in [0.1, 0.15) is 62.6 Å². The molecule has 3 N–H and O–H groups in total. The predicted octanol–water partition coefficient (Wildman–Crippen LogP) is 5.56. The van der Waals surface area contributed by atoms with E-state index in [2.05, 4.69) is 50.9 Å². The molecule has 2 fully saturated rings. The van der Waals surface area contributed by atoms with Crippen molar-refractivity contribution in [3.05, 3.63) is 70.5 Å². The standard InChI is InChI=1S/C29H35N5O/c35-29-26-17-31-18-28(32-23-7-2-1-3-8-23)25(26)11-12-34(29)19-21-9-10-22-14-24(33-27(22)13-21)16-30-15-20-5-4-6-20/h9-14,17-18,20,23,30,32-33H,1-8,15-16,19H2. The molecule has 2 aliphatic carbocycles. The van der Waals surface area contributed by atoms with E-state index in [1.165, 1.54) is 62.4 Å². The molecule has 0 unspecified atom stereocenters. The summed E-state index contributed by atoms with van der Waals surface area (Å²) in [5, 5.41) is 10.1. The minimum absolute atomic E-state index is 0.00904. The third-order valence-electron chi connectivity index (χ3n) is 7.93. The quantitative estimate of drug-likeness (QED) is 0.316. The highest BCUT2D eigenvalue weighted by Gasteiger charge is 2.17. The Morgan fingerprint density at radius 1 is 0.971 bits per heavy atom. The Hall–Kier alpha value is -3.12. The van der Waals surface area contributed by atoms with Gasteiger partial charge in [-0.2, -0.15) is 0 Å². The highest BCUT2D eigenvalue weighted by atomic mass is 16.1. The first-order valence-electron chi connectivity index (χ1n) is 13.3. The van der Waals surface area contributed by atoms with Gasteiger partial charge in [-0.25, -0.2) is 0 Å². The largest absolute Gasteiger partial charge is 0.381 e. The molecule has 2 saturated carbocycles. The highest BCUT2D eigenvalue weighted by Crippen LogP contribution is 2.27. The molecule has 0 amide bonds. The van der Waals surface area contributed by atoms with Gasteiger partial charge in [0.25, 0.3) is 5.56 Å². The second kappa shape index (κ2) is 9.86. The van der Waals surface area contributed by atoms with Crippen molar-refractivity contribution < 1.29 is 0 Å². The predicted molar refractivity (Wildman–Crippen MR) is 143 cm³/mol. The van der Waals surface area contributed by atoms with Crippen molar-refractivity contribution in [2.75, 3.05) is 11.9 Å². The molecule has 2 aliphatic rings. The van der Waals surface area contributed by atoms with Crippen LogP contribution in [-0.4, -0.2) is 27.1 Å². The zero-order valence-corrected chi connectivity index (χ0v) is 20.4. The number of aromatic amines is 1. The van der Waals surface area contributed by atoms with Crippen LogP contribution in [0.4, 0.5) is 5.69 Å². The monoisotopic (exact) mass is 469 g/mol. The Labute approximate surface area is 206 Å². The first-order chi connectivity index (χ1) is 17.2. The maximum atomic E-state index is 13.3. The van der Waals surface area contributed by atoms with Gasteiger partial charge in [0.1, 0.15) is 0 Å². The van der Waals surface area contributed by atoms with Crippen molar-refractivity contribution in [1.82, 2.24) is 19.9 Å². The molecular weight excluding hydrogens is 434 g/mol. The number of hydrogen-bond donors (Lipinski definition) is 3. The molecule has 0 saturated heterocycles. The van der Waals surface area contributed by atoms with Crippen molar-refractivity contribution in [2.24, 2.45) is 5.92 Å². The number of rotatable bonds is 8. The van der Waals surface area contributed by atoms with Gasteiger partial charge >= 0.3 is 0 Å². The molecule has 1 aromatic carbocycles. The number of H-pyrrole nitrogens is 1. The third-order valence-corrected chi connectivity index (χ3v) is 7.93. The van der Waals surface area contributed by atoms with Gasteiger partial charge < -0.3 is 20.2 Å². The highest BCUT2D eigenvalue weighted by molar-refractivity contribution is 5.92. The maximum Gasteiger partial charge on any atom is 0.260 e. The Morgan fingerprint density at radius 3 is 2.69 bits per heavy atom. The topological polar surface area (TPSA) is 74.7 Å². The molecule has 3 heterocycles. The van der Waals surface area contributed by atoms with Crippen molar-refractivity contribution in [3.8, 4) is 0 Å². The third kappa shape index (κ3) is 4.85. The van der Waals surface area contributed by atoms with Crippen LogP contribution in [0.25, 0.3) is 21.7 Å². The molecule has 6 rings (SSSR count). The fourth-order valence-corrected chi connectivity index (χ4v) is 5.65. The summed E-state index contributed by atoms with van der Waals surface area (Å²) in [5.41, 5.74) is 4.43. The summed E-state index contributed by atoms with van der Waals surface area (Å²) < 4.78 is 1.79. The van der Waals surface area contributed by atoms with Gasteiger partial charge in [0.15, 0.2) is 0 Å². The van der Waals surface area contributed by atoms with Crippen molar-refractivity contribution in [3.63, 3.8) is 0 Å². The van der Waals surface area contributed by atoms with Gasteiger partial charge in [-0.1, -0.05) is 37.8 Å². The van der Waals surface area contributed by atoms with Crippen molar-refractivity contribution >= 4 is 27.4 Å². The van der Waals surface area contributed by atoms with Crippen LogP contribution >= 0.6 is 0 Å². The fraction of sp³-hybridized carbons (Fsp3) is 0.448. The van der Waals surface area contributed by atoms with E-state index in [-0.39, 0.29) is 5.56 Å². The van der Waals surface area contributed by atoms with Crippen LogP contribution in [0.15, 0.2) is 53.7 Å². The summed E-state index contributed by atoms with van der Waals surface area (Å²) in [5.74, 6) is 0.862. The summed E-state index contributed by atoms with van der Waals surface area (Å²) >= 11 is 0. The SMILES string of the molecule is O=c1c2cncc(NC3CCCCC3)c2ccn1Cc1ccc2cc(CNCC3CCC3)[nH]c2c1. The molecule has 0 spiro atoms. The van der Waals surface area contributed by atoms with Crippen LogP contribution < -0.4 is 16.2 Å². The van der Waals surface area contributed by atoms with Gasteiger partial charge in [0.2, 0.25) is 0 Å².